The van der Waals surface area contributed by atoms with Gasteiger partial charge in [-0.15, -0.1) is 0 Å². The highest BCUT2D eigenvalue weighted by atomic mass is 19.4. The first-order valence-electron chi connectivity index (χ1n) is 14.5. The lowest BCUT2D eigenvalue weighted by Crippen LogP contribution is -2.39. The van der Waals surface area contributed by atoms with Gasteiger partial charge in [-0.3, -0.25) is 4.79 Å². The first-order valence-corrected chi connectivity index (χ1v) is 14.5. The lowest BCUT2D eigenvalue weighted by molar-refractivity contribution is -0.140. The standard InChI is InChI=1S/C32H34F3N5O3/c1-19-14-26-28(6-10-36-30(26)38-19)42-24-5-4-22-7-13-40(20(2)25(22)17-24)29(41)16-21-15-27(32(33,34)35)31(37-18-21)43-23-8-11-39(3)12-9-23/h4-6,10,14-15,17-18,20,23H,7-9,11-13,16H2,1-3H3,(H,36,38)/t20-/m0/s1. The molecule has 8 nitrogen and oxygen atoms in total. The fourth-order valence-corrected chi connectivity index (χ4v) is 5.97. The number of alkyl halides is 3. The van der Waals surface area contributed by atoms with Gasteiger partial charge in [0.25, 0.3) is 0 Å². The van der Waals surface area contributed by atoms with Crippen LogP contribution in [0.4, 0.5) is 13.2 Å². The summed E-state index contributed by atoms with van der Waals surface area (Å²) in [6.07, 6.45) is -0.256. The van der Waals surface area contributed by atoms with Crippen LogP contribution in [0.25, 0.3) is 11.0 Å². The second-order valence-corrected chi connectivity index (χ2v) is 11.5. The number of hydrogen-bond donors (Lipinski definition) is 1. The number of piperidine rings is 1. The van der Waals surface area contributed by atoms with Crippen LogP contribution in [0.15, 0.2) is 48.8 Å². The zero-order valence-electron chi connectivity index (χ0n) is 24.4. The van der Waals surface area contributed by atoms with Gasteiger partial charge in [-0.2, -0.15) is 13.2 Å². The first-order chi connectivity index (χ1) is 20.5. The number of aromatic nitrogens is 3. The van der Waals surface area contributed by atoms with E-state index in [0.717, 1.165) is 47.0 Å². The van der Waals surface area contributed by atoms with Crippen LogP contribution in [0.1, 0.15) is 53.8 Å². The average Bonchev–Trinajstić information content (AvgIpc) is 3.36. The van der Waals surface area contributed by atoms with Crippen LogP contribution in [0.3, 0.4) is 0 Å². The van der Waals surface area contributed by atoms with Crippen molar-refractivity contribution in [3.8, 4) is 17.4 Å². The molecule has 226 valence electrons. The van der Waals surface area contributed by atoms with Crippen LogP contribution in [-0.4, -0.2) is 63.4 Å². The minimum atomic E-state index is -4.65. The third kappa shape index (κ3) is 6.17. The van der Waals surface area contributed by atoms with Gasteiger partial charge < -0.3 is 24.3 Å². The normalized spacial score (nSPS) is 18.1. The quantitative estimate of drug-likeness (QED) is 0.285. The highest BCUT2D eigenvalue weighted by Crippen LogP contribution is 2.38. The van der Waals surface area contributed by atoms with E-state index in [0.29, 0.717) is 37.3 Å². The molecule has 1 aromatic carbocycles. The maximum Gasteiger partial charge on any atom is 0.421 e. The summed E-state index contributed by atoms with van der Waals surface area (Å²) >= 11 is 0. The molecule has 1 fully saturated rings. The molecule has 1 atom stereocenters. The van der Waals surface area contributed by atoms with Crippen molar-refractivity contribution in [1.29, 1.82) is 0 Å². The maximum absolute atomic E-state index is 14.0. The van der Waals surface area contributed by atoms with Gasteiger partial charge in [0.15, 0.2) is 0 Å². The van der Waals surface area contributed by atoms with Gasteiger partial charge in [0.05, 0.1) is 17.8 Å². The molecule has 43 heavy (non-hydrogen) atoms. The SMILES string of the molecule is Cc1cc2c(Oc3ccc4c(c3)[C@H](C)N(C(=O)Cc3cnc(OC5CCN(C)CC5)c(C(F)(F)F)c3)CC4)ccnc2[nH]1. The molecular formula is C32H34F3N5O3. The van der Waals surface area contributed by atoms with Crippen molar-refractivity contribution in [1.82, 2.24) is 24.8 Å². The smallest absolute Gasteiger partial charge is 0.421 e. The van der Waals surface area contributed by atoms with E-state index < -0.39 is 17.6 Å². The number of carbonyl (C=O) groups excluding carboxylic acids is 1. The molecule has 5 heterocycles. The predicted octanol–water partition coefficient (Wildman–Crippen LogP) is 6.24. The topological polar surface area (TPSA) is 83.6 Å². The Bertz CT molecular complexity index is 1650. The van der Waals surface area contributed by atoms with E-state index in [-0.39, 0.29) is 30.0 Å². The number of rotatable bonds is 6. The summed E-state index contributed by atoms with van der Waals surface area (Å²) < 4.78 is 54.0. The Labute approximate surface area is 247 Å². The average molecular weight is 594 g/mol. The zero-order chi connectivity index (χ0) is 30.3. The summed E-state index contributed by atoms with van der Waals surface area (Å²) in [5, 5.41) is 0.872. The number of nitrogens with zero attached hydrogens (tertiary/aromatic N) is 4. The second-order valence-electron chi connectivity index (χ2n) is 11.5. The highest BCUT2D eigenvalue weighted by molar-refractivity contribution is 5.83. The van der Waals surface area contributed by atoms with Gasteiger partial charge in [-0.25, -0.2) is 9.97 Å². The van der Waals surface area contributed by atoms with Crippen LogP contribution in [0.2, 0.25) is 0 Å². The van der Waals surface area contributed by atoms with Gasteiger partial charge >= 0.3 is 6.18 Å². The van der Waals surface area contributed by atoms with Crippen LogP contribution < -0.4 is 9.47 Å². The van der Waals surface area contributed by atoms with Crippen molar-refractivity contribution >= 4 is 16.9 Å². The molecule has 0 radical (unpaired) electrons. The molecule has 11 heteroatoms. The number of pyridine rings is 2. The Kier molecular flexibility index (Phi) is 7.76. The molecule has 0 aliphatic carbocycles. The number of aryl methyl sites for hydroxylation is 1. The van der Waals surface area contributed by atoms with Crippen LogP contribution >= 0.6 is 0 Å². The molecule has 4 aromatic rings. The Morgan fingerprint density at radius 3 is 2.65 bits per heavy atom. The Morgan fingerprint density at radius 2 is 1.88 bits per heavy atom. The number of nitrogens with one attached hydrogen (secondary N) is 1. The predicted molar refractivity (Wildman–Crippen MR) is 155 cm³/mol. The molecule has 1 amide bonds. The van der Waals surface area contributed by atoms with Crippen LogP contribution in [0.5, 0.6) is 17.4 Å². The van der Waals surface area contributed by atoms with E-state index in [1.54, 1.807) is 11.1 Å². The number of ether oxygens (including phenoxy) is 2. The van der Waals surface area contributed by atoms with E-state index in [9.17, 15) is 18.0 Å². The van der Waals surface area contributed by atoms with E-state index in [1.807, 2.05) is 51.2 Å². The summed E-state index contributed by atoms with van der Waals surface area (Å²) in [6.45, 7) is 5.86. The Hall–Kier alpha value is -4.12. The van der Waals surface area contributed by atoms with E-state index in [4.69, 9.17) is 9.47 Å². The summed E-state index contributed by atoms with van der Waals surface area (Å²) in [7, 11) is 1.97. The summed E-state index contributed by atoms with van der Waals surface area (Å²) in [5.74, 6) is 0.613. The van der Waals surface area contributed by atoms with Crippen molar-refractivity contribution < 1.29 is 27.4 Å². The molecule has 2 aliphatic heterocycles. The number of fused-ring (bicyclic) bond motifs is 2. The van der Waals surface area contributed by atoms with Crippen molar-refractivity contribution in [2.45, 2.75) is 57.9 Å². The number of benzene rings is 1. The first kappa shape index (κ1) is 29.0. The molecule has 0 saturated carbocycles. The van der Waals surface area contributed by atoms with Gasteiger partial charge in [0.1, 0.15) is 28.8 Å². The fraction of sp³-hybridized carbons (Fsp3) is 0.406. The minimum Gasteiger partial charge on any atom is -0.474 e. The molecule has 1 N–H and O–H groups in total. The molecule has 0 unspecified atom stereocenters. The molecule has 2 aliphatic rings. The molecule has 3 aromatic heterocycles. The largest absolute Gasteiger partial charge is 0.474 e. The third-order valence-electron chi connectivity index (χ3n) is 8.34. The number of H-pyrrole nitrogens is 1. The third-order valence-corrected chi connectivity index (χ3v) is 8.34. The van der Waals surface area contributed by atoms with Gasteiger partial charge in [0, 0.05) is 37.7 Å². The van der Waals surface area contributed by atoms with Gasteiger partial charge in [0.2, 0.25) is 11.8 Å². The summed E-state index contributed by atoms with van der Waals surface area (Å²) in [6, 6.07) is 10.4. The van der Waals surface area contributed by atoms with Gasteiger partial charge in [-0.1, -0.05) is 6.07 Å². The number of hydrogen-bond acceptors (Lipinski definition) is 6. The molecule has 0 bridgehead atoms. The van der Waals surface area contributed by atoms with E-state index in [1.165, 1.54) is 6.20 Å². The van der Waals surface area contributed by atoms with E-state index in [2.05, 4.69) is 19.9 Å². The Balaban J connectivity index is 1.18. The maximum atomic E-state index is 14.0. The second kappa shape index (κ2) is 11.5. The summed E-state index contributed by atoms with van der Waals surface area (Å²) in [4.78, 5) is 28.9. The minimum absolute atomic E-state index is 0.192. The van der Waals surface area contributed by atoms with Gasteiger partial charge in [-0.05, 0) is 87.2 Å². The zero-order valence-corrected chi connectivity index (χ0v) is 24.4. The van der Waals surface area contributed by atoms with Crippen molar-refractivity contribution in [3.05, 3.63) is 76.7 Å². The molecule has 0 spiro atoms. The summed E-state index contributed by atoms with van der Waals surface area (Å²) in [5.41, 5.74) is 3.03. The lowest BCUT2D eigenvalue weighted by atomic mass is 9.92. The lowest BCUT2D eigenvalue weighted by Gasteiger charge is -2.35. The molecule has 1 saturated heterocycles. The van der Waals surface area contributed by atoms with Crippen LogP contribution in [-0.2, 0) is 23.8 Å². The fourth-order valence-electron chi connectivity index (χ4n) is 5.97. The number of amides is 1. The number of aromatic amines is 1. The highest BCUT2D eigenvalue weighted by Gasteiger charge is 2.37. The van der Waals surface area contributed by atoms with Crippen molar-refractivity contribution in [2.24, 2.45) is 0 Å². The number of carbonyl (C=O) groups is 1. The number of likely N-dealkylation sites (tertiary alicyclic amines) is 1. The van der Waals surface area contributed by atoms with E-state index >= 15 is 0 Å². The monoisotopic (exact) mass is 593 g/mol. The molecule has 6 rings (SSSR count). The van der Waals surface area contributed by atoms with Crippen LogP contribution in [0, 0.1) is 6.92 Å². The molecular weight excluding hydrogens is 559 g/mol. The number of halogens is 3. The Morgan fingerprint density at radius 1 is 1.09 bits per heavy atom. The van der Waals surface area contributed by atoms with Crippen molar-refractivity contribution in [3.63, 3.8) is 0 Å². The van der Waals surface area contributed by atoms with Crippen molar-refractivity contribution in [2.75, 3.05) is 26.7 Å².